The molecular formula is C18H15N5O3S. The largest absolute Gasteiger partial charge is 0.491 e. The molecule has 136 valence electrons. The van der Waals surface area contributed by atoms with Crippen molar-refractivity contribution in [2.45, 2.75) is 19.9 Å². The van der Waals surface area contributed by atoms with E-state index in [9.17, 15) is 4.79 Å². The number of hydrogen-bond donors (Lipinski definition) is 1. The standard InChI is InChI=1S/C18H15N5O3S/c1-9-7-23-14(6-19-18(23)27-9)17(24)21-13-8-25-15-5-11(3-4-12(13)15)16-20-10(2)26-22-16/h3-7,13H,8H2,1-2H3,(H,21,24)/t13-/m1/s1. The van der Waals surface area contributed by atoms with Crippen LogP contribution < -0.4 is 10.1 Å². The van der Waals surface area contributed by atoms with Gasteiger partial charge in [-0.25, -0.2) is 4.98 Å². The van der Waals surface area contributed by atoms with E-state index in [0.717, 1.165) is 21.0 Å². The van der Waals surface area contributed by atoms with E-state index in [1.165, 1.54) is 0 Å². The topological polar surface area (TPSA) is 94.5 Å². The Labute approximate surface area is 157 Å². The van der Waals surface area contributed by atoms with E-state index >= 15 is 0 Å². The maximum atomic E-state index is 12.7. The lowest BCUT2D eigenvalue weighted by Gasteiger charge is -2.11. The van der Waals surface area contributed by atoms with Crippen LogP contribution in [0.15, 0.2) is 35.1 Å². The molecule has 4 aromatic rings. The molecule has 1 aliphatic heterocycles. The summed E-state index contributed by atoms with van der Waals surface area (Å²) in [6.45, 7) is 4.11. The van der Waals surface area contributed by atoms with E-state index in [0.29, 0.717) is 29.8 Å². The highest BCUT2D eigenvalue weighted by Gasteiger charge is 2.28. The molecule has 9 heteroatoms. The number of nitrogens with one attached hydrogen (secondary N) is 1. The van der Waals surface area contributed by atoms with Gasteiger partial charge in [-0.05, 0) is 13.0 Å². The fourth-order valence-corrected chi connectivity index (χ4v) is 3.98. The first kappa shape index (κ1) is 16.0. The molecule has 1 amide bonds. The first-order valence-corrected chi connectivity index (χ1v) is 9.22. The Bertz CT molecular complexity index is 1180. The molecule has 1 atom stereocenters. The predicted molar refractivity (Wildman–Crippen MR) is 98.0 cm³/mol. The quantitative estimate of drug-likeness (QED) is 0.586. The van der Waals surface area contributed by atoms with Crippen LogP contribution in [0.1, 0.15) is 32.9 Å². The van der Waals surface area contributed by atoms with Gasteiger partial charge in [-0.15, -0.1) is 11.3 Å². The number of imidazole rings is 1. The van der Waals surface area contributed by atoms with Crippen molar-refractivity contribution in [3.63, 3.8) is 0 Å². The first-order chi connectivity index (χ1) is 13.1. The van der Waals surface area contributed by atoms with E-state index in [-0.39, 0.29) is 11.9 Å². The second-order valence-electron chi connectivity index (χ2n) is 6.36. The summed E-state index contributed by atoms with van der Waals surface area (Å²) in [6, 6.07) is 5.47. The minimum absolute atomic E-state index is 0.181. The number of carbonyl (C=O) groups excluding carboxylic acids is 1. The van der Waals surface area contributed by atoms with E-state index in [1.54, 1.807) is 24.5 Å². The Morgan fingerprint density at radius 1 is 1.37 bits per heavy atom. The summed E-state index contributed by atoms with van der Waals surface area (Å²) in [5.41, 5.74) is 2.25. The number of fused-ring (bicyclic) bond motifs is 2. The van der Waals surface area contributed by atoms with E-state index in [2.05, 4.69) is 20.4 Å². The molecule has 0 unspecified atom stereocenters. The zero-order valence-corrected chi connectivity index (χ0v) is 15.4. The number of ether oxygens (including phenoxy) is 1. The molecule has 4 heterocycles. The van der Waals surface area contributed by atoms with E-state index in [1.807, 2.05) is 35.7 Å². The lowest BCUT2D eigenvalue weighted by molar-refractivity contribution is 0.0924. The van der Waals surface area contributed by atoms with Gasteiger partial charge in [0.15, 0.2) is 4.96 Å². The third-order valence-electron chi connectivity index (χ3n) is 4.44. The number of hydrogen-bond acceptors (Lipinski definition) is 7. The normalized spacial score (nSPS) is 15.7. The van der Waals surface area contributed by atoms with Crippen LogP contribution in [0.25, 0.3) is 16.3 Å². The van der Waals surface area contributed by atoms with Crippen LogP contribution in [0.2, 0.25) is 0 Å². The molecule has 5 rings (SSSR count). The Morgan fingerprint density at radius 3 is 3.07 bits per heavy atom. The van der Waals surface area contributed by atoms with Gasteiger partial charge in [0.05, 0.1) is 12.2 Å². The Hall–Kier alpha value is -3.20. The second-order valence-corrected chi connectivity index (χ2v) is 7.58. The number of thiazole rings is 1. The smallest absolute Gasteiger partial charge is 0.270 e. The molecule has 1 N–H and O–H groups in total. The van der Waals surface area contributed by atoms with Gasteiger partial charge in [0.2, 0.25) is 11.7 Å². The highest BCUT2D eigenvalue weighted by Crippen LogP contribution is 2.35. The number of aromatic nitrogens is 4. The summed E-state index contributed by atoms with van der Waals surface area (Å²) in [4.78, 5) is 23.2. The van der Waals surface area contributed by atoms with Gasteiger partial charge in [0, 0.05) is 29.1 Å². The zero-order valence-electron chi connectivity index (χ0n) is 14.6. The molecule has 0 saturated carbocycles. The molecule has 0 fully saturated rings. The van der Waals surface area contributed by atoms with Crippen LogP contribution in [0, 0.1) is 13.8 Å². The summed E-state index contributed by atoms with van der Waals surface area (Å²) in [5, 5.41) is 6.96. The molecular weight excluding hydrogens is 366 g/mol. The van der Waals surface area contributed by atoms with Crippen LogP contribution >= 0.6 is 11.3 Å². The second kappa shape index (κ2) is 5.92. The van der Waals surface area contributed by atoms with E-state index < -0.39 is 0 Å². The Balaban J connectivity index is 1.39. The summed E-state index contributed by atoms with van der Waals surface area (Å²) in [7, 11) is 0. The van der Waals surface area contributed by atoms with Crippen molar-refractivity contribution in [3.8, 4) is 17.1 Å². The minimum Gasteiger partial charge on any atom is -0.491 e. The summed E-state index contributed by atoms with van der Waals surface area (Å²) in [6.07, 6.45) is 3.51. The summed E-state index contributed by atoms with van der Waals surface area (Å²) >= 11 is 1.55. The molecule has 3 aromatic heterocycles. The van der Waals surface area contributed by atoms with Crippen LogP contribution in [0.4, 0.5) is 0 Å². The van der Waals surface area contributed by atoms with Gasteiger partial charge >= 0.3 is 0 Å². The molecule has 0 spiro atoms. The van der Waals surface area contributed by atoms with Crippen LogP contribution in [0.5, 0.6) is 5.75 Å². The van der Waals surface area contributed by atoms with Gasteiger partial charge in [0.25, 0.3) is 5.91 Å². The van der Waals surface area contributed by atoms with Crippen molar-refractivity contribution in [2.24, 2.45) is 0 Å². The highest BCUT2D eigenvalue weighted by atomic mass is 32.1. The van der Waals surface area contributed by atoms with Gasteiger partial charge in [-0.1, -0.05) is 17.3 Å². The average Bonchev–Trinajstić information content (AvgIpc) is 3.39. The molecule has 1 aliphatic rings. The third-order valence-corrected chi connectivity index (χ3v) is 5.36. The molecule has 0 radical (unpaired) electrons. The van der Waals surface area contributed by atoms with Gasteiger partial charge in [0.1, 0.15) is 18.1 Å². The fourth-order valence-electron chi connectivity index (χ4n) is 3.18. The first-order valence-electron chi connectivity index (χ1n) is 8.40. The number of aryl methyl sites for hydroxylation is 2. The number of amides is 1. The van der Waals surface area contributed by atoms with Gasteiger partial charge < -0.3 is 14.6 Å². The Kier molecular flexibility index (Phi) is 3.51. The predicted octanol–water partition coefficient (Wildman–Crippen LogP) is 2.93. The van der Waals surface area contributed by atoms with Crippen molar-refractivity contribution in [1.29, 1.82) is 0 Å². The number of nitrogens with zero attached hydrogens (tertiary/aromatic N) is 4. The van der Waals surface area contributed by atoms with Crippen molar-refractivity contribution in [1.82, 2.24) is 24.8 Å². The third kappa shape index (κ3) is 2.67. The summed E-state index contributed by atoms with van der Waals surface area (Å²) < 4.78 is 12.6. The fraction of sp³-hybridized carbons (Fsp3) is 0.222. The molecule has 0 bridgehead atoms. The van der Waals surface area contributed by atoms with E-state index in [4.69, 9.17) is 9.26 Å². The van der Waals surface area contributed by atoms with Crippen molar-refractivity contribution >= 4 is 22.2 Å². The highest BCUT2D eigenvalue weighted by molar-refractivity contribution is 7.17. The maximum Gasteiger partial charge on any atom is 0.270 e. The molecule has 27 heavy (non-hydrogen) atoms. The van der Waals surface area contributed by atoms with Gasteiger partial charge in [-0.2, -0.15) is 4.98 Å². The molecule has 0 saturated heterocycles. The van der Waals surface area contributed by atoms with Crippen LogP contribution in [-0.4, -0.2) is 32.0 Å². The van der Waals surface area contributed by atoms with Crippen molar-refractivity contribution < 1.29 is 14.1 Å². The monoisotopic (exact) mass is 381 g/mol. The number of carbonyl (C=O) groups is 1. The number of benzene rings is 1. The molecule has 1 aromatic carbocycles. The Morgan fingerprint density at radius 2 is 2.26 bits per heavy atom. The van der Waals surface area contributed by atoms with Gasteiger partial charge in [-0.3, -0.25) is 9.20 Å². The lowest BCUT2D eigenvalue weighted by Crippen LogP contribution is -2.30. The molecule has 0 aliphatic carbocycles. The van der Waals surface area contributed by atoms with Crippen molar-refractivity contribution in [3.05, 3.63) is 52.6 Å². The SMILES string of the molecule is Cc1nc(-c2ccc3c(c2)OC[C@H]3NC(=O)c2cnc3sc(C)cn23)no1. The average molecular weight is 381 g/mol. The van der Waals surface area contributed by atoms with Crippen molar-refractivity contribution in [2.75, 3.05) is 6.61 Å². The maximum absolute atomic E-state index is 12.7. The molecule has 8 nitrogen and oxygen atoms in total. The summed E-state index contributed by atoms with van der Waals surface area (Å²) in [5.74, 6) is 1.55. The number of rotatable bonds is 3. The van der Waals surface area contributed by atoms with Crippen LogP contribution in [-0.2, 0) is 0 Å². The minimum atomic E-state index is -0.223. The lowest BCUT2D eigenvalue weighted by atomic mass is 10.1. The van der Waals surface area contributed by atoms with Crippen LogP contribution in [0.3, 0.4) is 0 Å². The zero-order chi connectivity index (χ0) is 18.5.